The molecule has 2 atom stereocenters. The first-order valence-corrected chi connectivity index (χ1v) is 5.16. The van der Waals surface area contributed by atoms with Crippen LogP contribution in [-0.4, -0.2) is 24.3 Å². The van der Waals surface area contributed by atoms with Gasteiger partial charge in [0.2, 0.25) is 0 Å². The van der Waals surface area contributed by atoms with Crippen LogP contribution in [0.3, 0.4) is 0 Å². The van der Waals surface area contributed by atoms with E-state index in [-0.39, 0.29) is 17.8 Å². The van der Waals surface area contributed by atoms with Crippen molar-refractivity contribution in [1.82, 2.24) is 0 Å². The minimum absolute atomic E-state index is 0.0813. The van der Waals surface area contributed by atoms with Gasteiger partial charge in [-0.2, -0.15) is 0 Å². The molecule has 0 aliphatic rings. The monoisotopic (exact) mass is 202 g/mol. The van der Waals surface area contributed by atoms with Crippen LogP contribution in [0.15, 0.2) is 0 Å². The average molecular weight is 202 g/mol. The van der Waals surface area contributed by atoms with Crippen LogP contribution in [0, 0.1) is 17.8 Å². The van der Waals surface area contributed by atoms with Crippen LogP contribution in [0.1, 0.15) is 34.1 Å². The Morgan fingerprint density at radius 2 is 1.79 bits per heavy atom. The van der Waals surface area contributed by atoms with E-state index >= 15 is 0 Å². The number of esters is 1. The Morgan fingerprint density at radius 3 is 2.07 bits per heavy atom. The number of aliphatic hydroxyl groups is 1. The third kappa shape index (κ3) is 4.09. The van der Waals surface area contributed by atoms with Gasteiger partial charge in [0.1, 0.15) is 0 Å². The van der Waals surface area contributed by atoms with Crippen molar-refractivity contribution < 1.29 is 14.6 Å². The molecule has 0 bridgehead atoms. The molecule has 0 rings (SSSR count). The Balaban J connectivity index is 4.46. The Kier molecular flexibility index (Phi) is 5.77. The molecular weight excluding hydrogens is 180 g/mol. The first-order valence-electron chi connectivity index (χ1n) is 5.16. The van der Waals surface area contributed by atoms with Crippen LogP contribution >= 0.6 is 0 Å². The fraction of sp³-hybridized carbons (Fsp3) is 0.909. The van der Waals surface area contributed by atoms with Gasteiger partial charge in [-0.3, -0.25) is 4.79 Å². The van der Waals surface area contributed by atoms with Gasteiger partial charge in [0.25, 0.3) is 0 Å². The van der Waals surface area contributed by atoms with Crippen molar-refractivity contribution in [2.75, 3.05) is 7.11 Å². The van der Waals surface area contributed by atoms with E-state index in [1.165, 1.54) is 7.11 Å². The van der Waals surface area contributed by atoms with Crippen molar-refractivity contribution in [3.05, 3.63) is 0 Å². The fourth-order valence-corrected chi connectivity index (χ4v) is 1.50. The number of hydrogen-bond acceptors (Lipinski definition) is 3. The van der Waals surface area contributed by atoms with Crippen LogP contribution in [0.4, 0.5) is 0 Å². The minimum atomic E-state index is -0.607. The molecule has 0 aliphatic heterocycles. The summed E-state index contributed by atoms with van der Waals surface area (Å²) in [5, 5.41) is 9.84. The summed E-state index contributed by atoms with van der Waals surface area (Å²) in [6, 6.07) is 0. The lowest BCUT2D eigenvalue weighted by molar-refractivity contribution is -0.151. The molecule has 1 N–H and O–H groups in total. The molecule has 0 aromatic rings. The van der Waals surface area contributed by atoms with Gasteiger partial charge in [-0.05, 0) is 18.3 Å². The summed E-state index contributed by atoms with van der Waals surface area (Å²) in [5.41, 5.74) is 0. The quantitative estimate of drug-likeness (QED) is 0.692. The molecule has 0 radical (unpaired) electrons. The summed E-state index contributed by atoms with van der Waals surface area (Å²) in [5.74, 6) is -0.231. The van der Waals surface area contributed by atoms with Gasteiger partial charge < -0.3 is 9.84 Å². The normalized spacial score (nSPS) is 15.7. The first-order chi connectivity index (χ1) is 6.40. The zero-order chi connectivity index (χ0) is 11.3. The number of carbonyl (C=O) groups is 1. The molecule has 0 aromatic heterocycles. The Bertz CT molecular complexity index is 175. The number of methoxy groups -OCH3 is 1. The zero-order valence-electron chi connectivity index (χ0n) is 9.78. The summed E-state index contributed by atoms with van der Waals surface area (Å²) in [6.07, 6.45) is 0.0660. The topological polar surface area (TPSA) is 46.5 Å². The molecule has 0 saturated carbocycles. The highest BCUT2D eigenvalue weighted by atomic mass is 16.5. The highest BCUT2D eigenvalue weighted by Crippen LogP contribution is 2.21. The third-order valence-corrected chi connectivity index (χ3v) is 2.32. The van der Waals surface area contributed by atoms with E-state index in [1.54, 1.807) is 0 Å². The largest absolute Gasteiger partial charge is 0.469 e. The maximum absolute atomic E-state index is 11.4. The fourth-order valence-electron chi connectivity index (χ4n) is 1.50. The van der Waals surface area contributed by atoms with Crippen LogP contribution < -0.4 is 0 Å². The molecule has 0 aromatic carbocycles. The standard InChI is InChI=1S/C11H22O3/c1-7(2)6-9(11(13)14-5)10(12)8(3)4/h7-10,12H,6H2,1-5H3/t9-,10-/m1/s1. The molecule has 0 unspecified atom stereocenters. The van der Waals surface area contributed by atoms with E-state index in [9.17, 15) is 9.90 Å². The molecule has 3 heteroatoms. The maximum Gasteiger partial charge on any atom is 0.311 e. The zero-order valence-corrected chi connectivity index (χ0v) is 9.78. The smallest absolute Gasteiger partial charge is 0.311 e. The number of rotatable bonds is 5. The SMILES string of the molecule is COC(=O)[C@H](CC(C)C)[C@H](O)C(C)C. The molecule has 0 amide bonds. The van der Waals surface area contributed by atoms with Gasteiger partial charge >= 0.3 is 5.97 Å². The van der Waals surface area contributed by atoms with Crippen molar-refractivity contribution in [2.24, 2.45) is 17.8 Å². The molecule has 0 heterocycles. The van der Waals surface area contributed by atoms with Gasteiger partial charge in [-0.15, -0.1) is 0 Å². The molecule has 0 spiro atoms. The second-order valence-electron chi connectivity index (χ2n) is 4.49. The van der Waals surface area contributed by atoms with Gasteiger partial charge in [0.05, 0.1) is 19.1 Å². The van der Waals surface area contributed by atoms with E-state index in [2.05, 4.69) is 4.74 Å². The first kappa shape index (κ1) is 13.4. The van der Waals surface area contributed by atoms with Crippen molar-refractivity contribution in [1.29, 1.82) is 0 Å². The summed E-state index contributed by atoms with van der Waals surface area (Å²) in [6.45, 7) is 7.87. The van der Waals surface area contributed by atoms with Crippen LogP contribution in [-0.2, 0) is 9.53 Å². The van der Waals surface area contributed by atoms with E-state index in [0.717, 1.165) is 0 Å². The Hall–Kier alpha value is -0.570. The lowest BCUT2D eigenvalue weighted by atomic mass is 9.87. The molecule has 14 heavy (non-hydrogen) atoms. The second kappa shape index (κ2) is 6.02. The Morgan fingerprint density at radius 1 is 1.29 bits per heavy atom. The second-order valence-corrected chi connectivity index (χ2v) is 4.49. The highest BCUT2D eigenvalue weighted by Gasteiger charge is 2.30. The number of aliphatic hydroxyl groups excluding tert-OH is 1. The van der Waals surface area contributed by atoms with Crippen LogP contribution in [0.25, 0.3) is 0 Å². The molecule has 0 fully saturated rings. The molecular formula is C11H22O3. The summed E-state index contributed by atoms with van der Waals surface area (Å²) >= 11 is 0. The van der Waals surface area contributed by atoms with Crippen molar-refractivity contribution in [3.63, 3.8) is 0 Å². The van der Waals surface area contributed by atoms with E-state index in [4.69, 9.17) is 0 Å². The summed E-state index contributed by atoms with van der Waals surface area (Å²) < 4.78 is 4.69. The van der Waals surface area contributed by atoms with Crippen molar-refractivity contribution in [2.45, 2.75) is 40.2 Å². The van der Waals surface area contributed by atoms with Crippen molar-refractivity contribution in [3.8, 4) is 0 Å². The molecule has 0 saturated heterocycles. The van der Waals surface area contributed by atoms with Crippen LogP contribution in [0.5, 0.6) is 0 Å². The predicted molar refractivity (Wildman–Crippen MR) is 55.8 cm³/mol. The van der Waals surface area contributed by atoms with Gasteiger partial charge in [-0.25, -0.2) is 0 Å². The number of hydrogen-bond donors (Lipinski definition) is 1. The van der Waals surface area contributed by atoms with Gasteiger partial charge in [0, 0.05) is 0 Å². The predicted octanol–water partition coefficient (Wildman–Crippen LogP) is 1.84. The highest BCUT2D eigenvalue weighted by molar-refractivity contribution is 5.72. The number of ether oxygens (including phenoxy) is 1. The average Bonchev–Trinajstić information content (AvgIpc) is 2.11. The molecule has 0 aliphatic carbocycles. The Labute approximate surface area is 86.5 Å². The van der Waals surface area contributed by atoms with E-state index in [1.807, 2.05) is 27.7 Å². The van der Waals surface area contributed by atoms with E-state index in [0.29, 0.717) is 12.3 Å². The van der Waals surface area contributed by atoms with Crippen LogP contribution in [0.2, 0.25) is 0 Å². The lowest BCUT2D eigenvalue weighted by Crippen LogP contribution is -2.34. The van der Waals surface area contributed by atoms with E-state index < -0.39 is 6.10 Å². The third-order valence-electron chi connectivity index (χ3n) is 2.32. The van der Waals surface area contributed by atoms with Crippen molar-refractivity contribution >= 4 is 5.97 Å². The molecule has 84 valence electrons. The lowest BCUT2D eigenvalue weighted by Gasteiger charge is -2.24. The summed E-state index contributed by atoms with van der Waals surface area (Å²) in [7, 11) is 1.36. The van der Waals surface area contributed by atoms with Gasteiger partial charge in [0.15, 0.2) is 0 Å². The maximum atomic E-state index is 11.4. The summed E-state index contributed by atoms with van der Waals surface area (Å²) in [4.78, 5) is 11.4. The number of carbonyl (C=O) groups excluding carboxylic acids is 1. The molecule has 3 nitrogen and oxygen atoms in total. The minimum Gasteiger partial charge on any atom is -0.469 e. The van der Waals surface area contributed by atoms with Gasteiger partial charge in [-0.1, -0.05) is 27.7 Å².